The average molecular weight is 361 g/mol. The lowest BCUT2D eigenvalue weighted by atomic mass is 9.58. The second-order valence-electron chi connectivity index (χ2n) is 8.20. The summed E-state index contributed by atoms with van der Waals surface area (Å²) >= 11 is 0. The normalized spacial score (nSPS) is 30.2. The summed E-state index contributed by atoms with van der Waals surface area (Å²) in [6.45, 7) is 21.6. The van der Waals surface area contributed by atoms with E-state index in [0.29, 0.717) is 5.92 Å². The highest BCUT2D eigenvalue weighted by atomic mass is 15.4. The van der Waals surface area contributed by atoms with Gasteiger partial charge in [0.15, 0.2) is 0 Å². The van der Waals surface area contributed by atoms with Crippen LogP contribution in [0, 0.1) is 5.92 Å². The topological polar surface area (TPSA) is 6.48 Å². The molecule has 0 aromatic heterocycles. The van der Waals surface area contributed by atoms with Crippen LogP contribution >= 0.6 is 0 Å². The molecule has 2 nitrogen and oxygen atoms in total. The minimum absolute atomic E-state index is 0.147. The van der Waals surface area contributed by atoms with Gasteiger partial charge in [0, 0.05) is 23.7 Å². The number of hydrogen-bond donors (Lipinski definition) is 0. The first-order chi connectivity index (χ1) is 12.5. The quantitative estimate of drug-likeness (QED) is 0.495. The van der Waals surface area contributed by atoms with Crippen LogP contribution in [-0.2, 0) is 0 Å². The maximum absolute atomic E-state index is 2.97. The molecule has 0 amide bonds. The van der Waals surface area contributed by atoms with Crippen LogP contribution in [0.3, 0.4) is 0 Å². The van der Waals surface area contributed by atoms with Gasteiger partial charge in [0.1, 0.15) is 0 Å². The van der Waals surface area contributed by atoms with Gasteiger partial charge < -0.3 is 4.90 Å². The summed E-state index contributed by atoms with van der Waals surface area (Å²) in [6, 6.07) is 0. The van der Waals surface area contributed by atoms with Crippen LogP contribution in [0.1, 0.15) is 93.9 Å². The third kappa shape index (κ3) is 2.40. The molecule has 0 radical (unpaired) electrons. The number of allylic oxidation sites excluding steroid dienone is 2. The van der Waals surface area contributed by atoms with Crippen LogP contribution in [-0.4, -0.2) is 39.5 Å². The maximum Gasteiger partial charge on any atom is 0.0676 e. The van der Waals surface area contributed by atoms with E-state index >= 15 is 0 Å². The number of piperazine rings is 1. The van der Waals surface area contributed by atoms with Crippen molar-refractivity contribution in [2.75, 3.05) is 13.1 Å². The molecule has 1 saturated heterocycles. The van der Waals surface area contributed by atoms with Crippen molar-refractivity contribution in [3.63, 3.8) is 0 Å². The van der Waals surface area contributed by atoms with Crippen LogP contribution in [0.2, 0.25) is 0 Å². The fraction of sp³-hybridized carbons (Fsp3) is 0.833. The zero-order chi connectivity index (χ0) is 19.6. The first-order valence-corrected chi connectivity index (χ1v) is 11.4. The van der Waals surface area contributed by atoms with Gasteiger partial charge in [0.25, 0.3) is 0 Å². The molecule has 2 rings (SSSR count). The lowest BCUT2D eigenvalue weighted by Gasteiger charge is -2.73. The summed E-state index contributed by atoms with van der Waals surface area (Å²) in [5.41, 5.74) is 2.19. The molecule has 150 valence electrons. The summed E-state index contributed by atoms with van der Waals surface area (Å²) in [7, 11) is 0. The SMILES string of the molecule is CCC1C=CC=C2N(CC)C(CC)(CC)C(CC)(CC)N(CC)C21CC. The van der Waals surface area contributed by atoms with Gasteiger partial charge in [0.2, 0.25) is 0 Å². The average Bonchev–Trinajstić information content (AvgIpc) is 2.70. The molecular formula is C24H44N2. The number of fused-ring (bicyclic) bond motifs is 1. The van der Waals surface area contributed by atoms with Crippen molar-refractivity contribution in [2.24, 2.45) is 5.92 Å². The molecule has 0 N–H and O–H groups in total. The van der Waals surface area contributed by atoms with Crippen molar-refractivity contribution in [1.82, 2.24) is 9.80 Å². The van der Waals surface area contributed by atoms with E-state index in [2.05, 4.69) is 83.4 Å². The third-order valence-electron chi connectivity index (χ3n) is 8.28. The van der Waals surface area contributed by atoms with E-state index in [1.54, 1.807) is 5.70 Å². The molecule has 1 heterocycles. The molecule has 1 aliphatic heterocycles. The van der Waals surface area contributed by atoms with E-state index in [9.17, 15) is 0 Å². The Morgan fingerprint density at radius 2 is 1.35 bits per heavy atom. The largest absolute Gasteiger partial charge is 0.366 e. The van der Waals surface area contributed by atoms with Crippen molar-refractivity contribution in [2.45, 2.75) is 111 Å². The highest BCUT2D eigenvalue weighted by Crippen LogP contribution is 2.58. The molecule has 1 fully saturated rings. The van der Waals surface area contributed by atoms with Crippen LogP contribution in [0.4, 0.5) is 0 Å². The molecule has 1 aliphatic carbocycles. The first-order valence-electron chi connectivity index (χ1n) is 11.4. The minimum Gasteiger partial charge on any atom is -0.366 e. The van der Waals surface area contributed by atoms with Gasteiger partial charge in [-0.25, -0.2) is 0 Å². The molecular weight excluding hydrogens is 316 g/mol. The summed E-state index contributed by atoms with van der Waals surface area (Å²) in [4.78, 5) is 5.82. The van der Waals surface area contributed by atoms with Crippen LogP contribution in [0.15, 0.2) is 23.9 Å². The van der Waals surface area contributed by atoms with Crippen molar-refractivity contribution < 1.29 is 0 Å². The molecule has 2 atom stereocenters. The Morgan fingerprint density at radius 1 is 0.769 bits per heavy atom. The summed E-state index contributed by atoms with van der Waals surface area (Å²) in [5, 5.41) is 0. The van der Waals surface area contributed by atoms with Gasteiger partial charge in [-0.15, -0.1) is 0 Å². The summed E-state index contributed by atoms with van der Waals surface area (Å²) < 4.78 is 0. The zero-order valence-corrected chi connectivity index (χ0v) is 18.9. The molecule has 0 spiro atoms. The highest BCUT2D eigenvalue weighted by molar-refractivity contribution is 5.40. The summed E-state index contributed by atoms with van der Waals surface area (Å²) in [6.07, 6.45) is 14.6. The molecule has 2 heteroatoms. The first kappa shape index (κ1) is 21.5. The second-order valence-corrected chi connectivity index (χ2v) is 8.20. The summed E-state index contributed by atoms with van der Waals surface area (Å²) in [5.74, 6) is 0.602. The van der Waals surface area contributed by atoms with Crippen molar-refractivity contribution in [1.29, 1.82) is 0 Å². The van der Waals surface area contributed by atoms with Gasteiger partial charge in [-0.3, -0.25) is 4.90 Å². The lowest BCUT2D eigenvalue weighted by molar-refractivity contribution is -0.173. The fourth-order valence-electron chi connectivity index (χ4n) is 7.30. The van der Waals surface area contributed by atoms with Crippen LogP contribution in [0.5, 0.6) is 0 Å². The molecule has 0 aromatic rings. The van der Waals surface area contributed by atoms with E-state index in [4.69, 9.17) is 0 Å². The monoisotopic (exact) mass is 360 g/mol. The molecule has 0 saturated carbocycles. The molecule has 0 aromatic carbocycles. The van der Waals surface area contributed by atoms with Gasteiger partial charge in [-0.1, -0.05) is 60.6 Å². The van der Waals surface area contributed by atoms with Crippen molar-refractivity contribution in [3.8, 4) is 0 Å². The van der Waals surface area contributed by atoms with Gasteiger partial charge in [0.05, 0.1) is 11.1 Å². The Labute approximate surface area is 163 Å². The lowest BCUT2D eigenvalue weighted by Crippen LogP contribution is -2.81. The van der Waals surface area contributed by atoms with Crippen LogP contribution < -0.4 is 0 Å². The Kier molecular flexibility index (Phi) is 6.70. The van der Waals surface area contributed by atoms with Crippen molar-refractivity contribution in [3.05, 3.63) is 23.9 Å². The zero-order valence-electron chi connectivity index (χ0n) is 18.9. The Balaban J connectivity index is 2.89. The third-order valence-corrected chi connectivity index (χ3v) is 8.28. The van der Waals surface area contributed by atoms with Crippen LogP contribution in [0.25, 0.3) is 0 Å². The fourth-order valence-corrected chi connectivity index (χ4v) is 7.30. The number of nitrogens with zero attached hydrogens (tertiary/aromatic N) is 2. The molecule has 2 aliphatic rings. The van der Waals surface area contributed by atoms with Gasteiger partial charge >= 0.3 is 0 Å². The van der Waals surface area contributed by atoms with E-state index in [1.165, 1.54) is 38.5 Å². The second kappa shape index (κ2) is 8.09. The molecule has 26 heavy (non-hydrogen) atoms. The Morgan fingerprint density at radius 3 is 1.73 bits per heavy atom. The van der Waals surface area contributed by atoms with Crippen molar-refractivity contribution >= 4 is 0 Å². The van der Waals surface area contributed by atoms with E-state index in [-0.39, 0.29) is 16.6 Å². The number of hydrogen-bond acceptors (Lipinski definition) is 2. The maximum atomic E-state index is 2.97. The van der Waals surface area contributed by atoms with Gasteiger partial charge in [-0.2, -0.15) is 0 Å². The minimum atomic E-state index is 0.147. The number of rotatable bonds is 8. The highest BCUT2D eigenvalue weighted by Gasteiger charge is 2.65. The number of likely N-dealkylation sites (N-methyl/N-ethyl adjacent to an activating group) is 2. The standard InChI is InChI=1S/C24H44N2/c1-9-20-18-17-19-21-24(20,14-6)26(16-8)23(12-4,13-5)22(10-2,11-3)25(21)15-7/h17-20H,9-16H2,1-8H3. The van der Waals surface area contributed by atoms with Gasteiger partial charge in [-0.05, 0) is 58.1 Å². The predicted molar refractivity (Wildman–Crippen MR) is 115 cm³/mol. The molecule has 2 unspecified atom stereocenters. The van der Waals surface area contributed by atoms with E-state index in [0.717, 1.165) is 13.1 Å². The predicted octanol–water partition coefficient (Wildman–Crippen LogP) is 6.39. The Hall–Kier alpha value is -0.760. The van der Waals surface area contributed by atoms with E-state index < -0.39 is 0 Å². The molecule has 0 bridgehead atoms. The van der Waals surface area contributed by atoms with E-state index in [1.807, 2.05) is 0 Å². The smallest absolute Gasteiger partial charge is 0.0676 e. The Bertz CT molecular complexity index is 524.